The molecule has 4 nitrogen and oxygen atoms in total. The monoisotopic (exact) mass is 512 g/mol. The molecular weight excluding hydrogens is 483 g/mol. The van der Waals surface area contributed by atoms with Crippen LogP contribution in [0.2, 0.25) is 5.02 Å². The minimum Gasteiger partial charge on any atom is -0.467 e. The smallest absolute Gasteiger partial charge is 0.342 e. The Bertz CT molecular complexity index is 854. The van der Waals surface area contributed by atoms with Gasteiger partial charge in [0.05, 0.1) is 12.7 Å². The first kappa shape index (κ1) is 27.5. The van der Waals surface area contributed by atoms with Crippen molar-refractivity contribution in [1.82, 2.24) is 0 Å². The highest BCUT2D eigenvalue weighted by Crippen LogP contribution is 2.29. The molecule has 2 aromatic carbocycles. The van der Waals surface area contributed by atoms with Crippen LogP contribution >= 0.6 is 34.8 Å². The molecular formula is C26H31Cl3O4. The van der Waals surface area contributed by atoms with Gasteiger partial charge in [0, 0.05) is 5.02 Å². The summed E-state index contributed by atoms with van der Waals surface area (Å²) in [6, 6.07) is 16.8. The van der Waals surface area contributed by atoms with Gasteiger partial charge < -0.3 is 9.47 Å². The van der Waals surface area contributed by atoms with Crippen molar-refractivity contribution in [3.63, 3.8) is 0 Å². The number of carbonyl (C=O) groups is 2. The summed E-state index contributed by atoms with van der Waals surface area (Å²) in [5, 5.41) is 0.706. The number of esters is 2. The minimum atomic E-state index is -1.48. The molecule has 0 heterocycles. The van der Waals surface area contributed by atoms with Crippen LogP contribution in [0, 0.1) is 0 Å². The van der Waals surface area contributed by atoms with Crippen LogP contribution in [0.25, 0.3) is 0 Å². The lowest BCUT2D eigenvalue weighted by atomic mass is 10.0. The molecule has 7 heteroatoms. The number of hydrogen-bond acceptors (Lipinski definition) is 4. The molecule has 0 saturated heterocycles. The maximum atomic E-state index is 12.6. The second-order valence-electron chi connectivity index (χ2n) is 8.06. The third-order valence-electron chi connectivity index (χ3n) is 5.45. The van der Waals surface area contributed by atoms with Gasteiger partial charge >= 0.3 is 11.9 Å². The lowest BCUT2D eigenvalue weighted by molar-refractivity contribution is -0.141. The Morgan fingerprint density at radius 1 is 0.879 bits per heavy atom. The van der Waals surface area contributed by atoms with Gasteiger partial charge in [0.1, 0.15) is 6.10 Å². The number of methoxy groups -OCH3 is 1. The predicted molar refractivity (Wildman–Crippen MR) is 134 cm³/mol. The molecule has 0 amide bonds. The van der Waals surface area contributed by atoms with E-state index in [0.717, 1.165) is 56.9 Å². The maximum absolute atomic E-state index is 12.6. The maximum Gasteiger partial charge on any atom is 0.342 e. The van der Waals surface area contributed by atoms with Crippen molar-refractivity contribution in [2.45, 2.75) is 68.2 Å². The summed E-state index contributed by atoms with van der Waals surface area (Å²) < 4.78 is 8.97. The molecule has 0 bridgehead atoms. The number of carbonyl (C=O) groups excluding carboxylic acids is 2. The molecule has 0 spiro atoms. The van der Waals surface area contributed by atoms with Crippen LogP contribution in [0.3, 0.4) is 0 Å². The molecule has 0 saturated carbocycles. The van der Waals surface area contributed by atoms with E-state index in [1.807, 2.05) is 42.5 Å². The highest BCUT2D eigenvalue weighted by Gasteiger charge is 2.34. The highest BCUT2D eigenvalue weighted by atomic mass is 35.5. The number of alkyl halides is 2. The summed E-state index contributed by atoms with van der Waals surface area (Å²) in [5.74, 6) is -0.908. The van der Waals surface area contributed by atoms with E-state index in [2.05, 4.69) is 4.74 Å². The van der Waals surface area contributed by atoms with Gasteiger partial charge in [-0.25, -0.2) is 9.59 Å². The molecule has 0 aromatic heterocycles. The Hall–Kier alpha value is -1.75. The first-order chi connectivity index (χ1) is 15.8. The van der Waals surface area contributed by atoms with Gasteiger partial charge in [-0.15, -0.1) is 0 Å². The van der Waals surface area contributed by atoms with E-state index >= 15 is 0 Å². The van der Waals surface area contributed by atoms with Gasteiger partial charge in [0.2, 0.25) is 4.33 Å². The molecule has 1 unspecified atom stereocenters. The molecule has 2 aromatic rings. The van der Waals surface area contributed by atoms with E-state index in [1.165, 1.54) is 7.11 Å². The summed E-state index contributed by atoms with van der Waals surface area (Å²) in [7, 11) is 1.27. The molecule has 0 N–H and O–H groups in total. The van der Waals surface area contributed by atoms with Gasteiger partial charge in [-0.1, -0.05) is 84.4 Å². The van der Waals surface area contributed by atoms with Crippen molar-refractivity contribution in [3.05, 3.63) is 70.7 Å². The number of unbranched alkanes of at least 4 members (excludes halogenated alkanes) is 4. The molecule has 1 atom stereocenters. The predicted octanol–water partition coefficient (Wildman–Crippen LogP) is 7.58. The number of ether oxygens (including phenoxy) is 2. The van der Waals surface area contributed by atoms with Gasteiger partial charge in [-0.05, 0) is 68.4 Å². The molecule has 0 fully saturated rings. The van der Waals surface area contributed by atoms with Crippen molar-refractivity contribution < 1.29 is 19.1 Å². The van der Waals surface area contributed by atoms with Crippen LogP contribution in [0.4, 0.5) is 0 Å². The third-order valence-corrected chi connectivity index (χ3v) is 6.39. The van der Waals surface area contributed by atoms with Crippen molar-refractivity contribution in [1.29, 1.82) is 0 Å². The SMILES string of the molecule is COC(=O)C(Cl)(Cl)CCCCCCCC(CCc1ccc(Cl)cc1)OC(=O)c1ccccc1. The van der Waals surface area contributed by atoms with Crippen LogP contribution in [0.5, 0.6) is 0 Å². The highest BCUT2D eigenvalue weighted by molar-refractivity contribution is 6.57. The molecule has 2 rings (SSSR count). The third kappa shape index (κ3) is 10.4. The molecule has 0 aliphatic rings. The average molecular weight is 514 g/mol. The summed E-state index contributed by atoms with van der Waals surface area (Å²) >= 11 is 18.0. The van der Waals surface area contributed by atoms with Crippen molar-refractivity contribution in [2.75, 3.05) is 7.11 Å². The van der Waals surface area contributed by atoms with Gasteiger partial charge in [0.25, 0.3) is 0 Å². The van der Waals surface area contributed by atoms with Crippen LogP contribution in [0.1, 0.15) is 67.3 Å². The molecule has 33 heavy (non-hydrogen) atoms. The normalized spacial score (nSPS) is 12.2. The Balaban J connectivity index is 1.78. The van der Waals surface area contributed by atoms with E-state index in [4.69, 9.17) is 39.5 Å². The van der Waals surface area contributed by atoms with E-state index in [1.54, 1.807) is 12.1 Å². The quantitative estimate of drug-likeness (QED) is 0.148. The molecule has 180 valence electrons. The van der Waals surface area contributed by atoms with E-state index in [0.29, 0.717) is 17.0 Å². The fourth-order valence-electron chi connectivity index (χ4n) is 3.54. The largest absolute Gasteiger partial charge is 0.467 e. The van der Waals surface area contributed by atoms with Gasteiger partial charge in [-0.3, -0.25) is 0 Å². The number of halogens is 3. The van der Waals surface area contributed by atoms with Gasteiger partial charge in [-0.2, -0.15) is 0 Å². The minimum absolute atomic E-state index is 0.161. The van der Waals surface area contributed by atoms with Crippen molar-refractivity contribution >= 4 is 46.7 Å². The van der Waals surface area contributed by atoms with E-state index in [9.17, 15) is 9.59 Å². The number of hydrogen-bond donors (Lipinski definition) is 0. The van der Waals surface area contributed by atoms with E-state index in [-0.39, 0.29) is 12.1 Å². The summed E-state index contributed by atoms with van der Waals surface area (Å²) in [6.45, 7) is 0. The Kier molecular flexibility index (Phi) is 12.1. The van der Waals surface area contributed by atoms with Crippen LogP contribution in [0.15, 0.2) is 54.6 Å². The zero-order valence-electron chi connectivity index (χ0n) is 18.9. The zero-order valence-corrected chi connectivity index (χ0v) is 21.2. The Labute approximate surface area is 211 Å². The fraction of sp³-hybridized carbons (Fsp3) is 0.462. The fourth-order valence-corrected chi connectivity index (χ4v) is 4.08. The lowest BCUT2D eigenvalue weighted by Crippen LogP contribution is -2.27. The molecule has 0 aliphatic carbocycles. The Morgan fingerprint density at radius 2 is 1.52 bits per heavy atom. The summed E-state index contributed by atoms with van der Waals surface area (Å²) in [6.07, 6.45) is 7.14. The molecule has 0 aliphatic heterocycles. The van der Waals surface area contributed by atoms with Gasteiger partial charge in [0.15, 0.2) is 0 Å². The number of rotatable bonds is 14. The number of aryl methyl sites for hydroxylation is 1. The first-order valence-corrected chi connectivity index (χ1v) is 12.4. The first-order valence-electron chi connectivity index (χ1n) is 11.3. The van der Waals surface area contributed by atoms with Crippen molar-refractivity contribution in [2.24, 2.45) is 0 Å². The second kappa shape index (κ2) is 14.5. The average Bonchev–Trinajstić information content (AvgIpc) is 2.82. The topological polar surface area (TPSA) is 52.6 Å². The lowest BCUT2D eigenvalue weighted by Gasteiger charge is -2.18. The molecule has 0 radical (unpaired) electrons. The van der Waals surface area contributed by atoms with Crippen molar-refractivity contribution in [3.8, 4) is 0 Å². The number of benzene rings is 2. The standard InChI is InChI=1S/C26H31Cl3O4/c1-32-25(31)26(28,29)19-9-4-2-3-8-12-23(18-15-20-13-16-22(27)17-14-20)33-24(30)21-10-6-5-7-11-21/h5-7,10-11,13-14,16-17,23H,2-4,8-9,12,15,18-19H2,1H3. The Morgan fingerprint density at radius 3 is 2.18 bits per heavy atom. The van der Waals surface area contributed by atoms with Crippen LogP contribution < -0.4 is 0 Å². The van der Waals surface area contributed by atoms with E-state index < -0.39 is 10.3 Å². The second-order valence-corrected chi connectivity index (χ2v) is 9.98. The van der Waals surface area contributed by atoms with Crippen LogP contribution in [-0.4, -0.2) is 29.5 Å². The summed E-state index contributed by atoms with van der Waals surface area (Å²) in [5.41, 5.74) is 1.72. The zero-order chi connectivity index (χ0) is 24.1. The summed E-state index contributed by atoms with van der Waals surface area (Å²) in [4.78, 5) is 24.1. The van der Waals surface area contributed by atoms with Crippen LogP contribution in [-0.2, 0) is 20.7 Å².